The molecule has 1 saturated heterocycles. The van der Waals surface area contributed by atoms with Crippen LogP contribution in [0.3, 0.4) is 0 Å². The van der Waals surface area contributed by atoms with Gasteiger partial charge in [0.2, 0.25) is 0 Å². The second-order valence-corrected chi connectivity index (χ2v) is 8.85. The molecule has 4 rings (SSSR count). The molecule has 13 heteroatoms. The van der Waals surface area contributed by atoms with Crippen LogP contribution >= 0.6 is 0 Å². The molecule has 1 fully saturated rings. The highest BCUT2D eigenvalue weighted by Gasteiger charge is 2.33. The minimum atomic E-state index is -4.70. The van der Waals surface area contributed by atoms with Gasteiger partial charge in [-0.3, -0.25) is 14.6 Å². The average molecular weight is 552 g/mol. The molecule has 0 bridgehead atoms. The lowest BCUT2D eigenvalue weighted by atomic mass is 9.99. The summed E-state index contributed by atoms with van der Waals surface area (Å²) in [6.07, 6.45) is -6.81. The second-order valence-electron chi connectivity index (χ2n) is 8.85. The topological polar surface area (TPSA) is 85.8 Å². The molecule has 0 aliphatic carbocycles. The number of nitrogens with one attached hydrogen (secondary N) is 1. The molecule has 0 atom stereocenters. The summed E-state index contributed by atoms with van der Waals surface area (Å²) in [5.41, 5.74) is -0.146. The Morgan fingerprint density at radius 1 is 0.846 bits per heavy atom. The van der Waals surface area contributed by atoms with Crippen molar-refractivity contribution in [2.24, 2.45) is 0 Å². The first-order valence-electron chi connectivity index (χ1n) is 11.7. The zero-order chi connectivity index (χ0) is 28.4. The van der Waals surface area contributed by atoms with E-state index in [1.54, 1.807) is 17.4 Å². The van der Waals surface area contributed by atoms with E-state index >= 15 is 0 Å². The minimum absolute atomic E-state index is 0.0547. The van der Waals surface area contributed by atoms with Crippen molar-refractivity contribution in [3.8, 4) is 16.9 Å². The first-order valence-corrected chi connectivity index (χ1v) is 11.7. The monoisotopic (exact) mass is 552 g/mol. The van der Waals surface area contributed by atoms with Gasteiger partial charge in [-0.1, -0.05) is 0 Å². The Balaban J connectivity index is 1.45. The Hall–Kier alpha value is -4.29. The van der Waals surface area contributed by atoms with Crippen LogP contribution in [0.25, 0.3) is 11.1 Å². The van der Waals surface area contributed by atoms with E-state index in [1.807, 2.05) is 4.90 Å². The third-order valence-corrected chi connectivity index (χ3v) is 6.08. The Labute approximate surface area is 218 Å². The third-order valence-electron chi connectivity index (χ3n) is 6.08. The van der Waals surface area contributed by atoms with Crippen LogP contribution < -0.4 is 10.2 Å². The summed E-state index contributed by atoms with van der Waals surface area (Å²) >= 11 is 0. The van der Waals surface area contributed by atoms with E-state index < -0.39 is 36.3 Å². The van der Waals surface area contributed by atoms with Gasteiger partial charge in [-0.05, 0) is 54.1 Å². The van der Waals surface area contributed by atoms with E-state index in [0.717, 1.165) is 18.3 Å². The molecule has 2 N–H and O–H groups in total. The van der Waals surface area contributed by atoms with Crippen LogP contribution in [0.1, 0.15) is 26.3 Å². The number of aromatic hydroxyl groups is 1. The number of carbonyl (C=O) groups excluding carboxylic acids is 2. The smallest absolute Gasteiger partial charge is 0.416 e. The number of carbonyl (C=O) groups is 2. The fourth-order valence-electron chi connectivity index (χ4n) is 4.12. The normalized spacial score (nSPS) is 14.3. The van der Waals surface area contributed by atoms with Gasteiger partial charge in [0.1, 0.15) is 12.3 Å². The number of rotatable bonds is 5. The highest BCUT2D eigenvalue weighted by molar-refractivity contribution is 5.96. The maximum Gasteiger partial charge on any atom is 0.416 e. The maximum atomic E-state index is 13.6. The van der Waals surface area contributed by atoms with Gasteiger partial charge >= 0.3 is 12.4 Å². The minimum Gasteiger partial charge on any atom is -0.506 e. The van der Waals surface area contributed by atoms with Crippen molar-refractivity contribution in [1.29, 1.82) is 0 Å². The van der Waals surface area contributed by atoms with Crippen LogP contribution in [0.4, 0.5) is 32.0 Å². The summed E-state index contributed by atoms with van der Waals surface area (Å²) in [6.45, 7) is -0.360. The first kappa shape index (κ1) is 27.7. The summed E-state index contributed by atoms with van der Waals surface area (Å²) in [7, 11) is 0. The summed E-state index contributed by atoms with van der Waals surface area (Å²) in [5, 5.41) is 11.5. The molecule has 0 unspecified atom stereocenters. The van der Waals surface area contributed by atoms with Crippen molar-refractivity contribution >= 4 is 17.5 Å². The Kier molecular flexibility index (Phi) is 7.70. The molecule has 3 aromatic rings. The number of amides is 2. The van der Waals surface area contributed by atoms with Crippen LogP contribution in [-0.2, 0) is 6.18 Å². The molecule has 1 aliphatic rings. The van der Waals surface area contributed by atoms with Crippen LogP contribution in [0.5, 0.6) is 5.75 Å². The van der Waals surface area contributed by atoms with E-state index in [9.17, 15) is 41.0 Å². The SMILES string of the molecule is O=C(NCC(F)(F)F)c1ccc(N2CCN(C(=O)c3cc(-c4cncc(O)c4)cc(C(F)(F)F)c3)CC2)cc1. The predicted molar refractivity (Wildman–Crippen MR) is 129 cm³/mol. The number of hydrogen-bond acceptors (Lipinski definition) is 5. The second kappa shape index (κ2) is 10.8. The quantitative estimate of drug-likeness (QED) is 0.448. The maximum absolute atomic E-state index is 13.6. The fraction of sp³-hybridized carbons (Fsp3) is 0.269. The van der Waals surface area contributed by atoms with Crippen molar-refractivity contribution < 1.29 is 41.0 Å². The molecule has 0 saturated carbocycles. The molecule has 1 aromatic heterocycles. The lowest BCUT2D eigenvalue weighted by Crippen LogP contribution is -2.48. The van der Waals surface area contributed by atoms with Crippen LogP contribution in [-0.4, -0.2) is 65.7 Å². The molecule has 206 valence electrons. The molecule has 1 aliphatic heterocycles. The number of aromatic nitrogens is 1. The average Bonchev–Trinajstić information content (AvgIpc) is 2.90. The lowest BCUT2D eigenvalue weighted by molar-refractivity contribution is -0.137. The van der Waals surface area contributed by atoms with Crippen molar-refractivity contribution in [3.05, 3.63) is 77.6 Å². The van der Waals surface area contributed by atoms with Crippen molar-refractivity contribution in [3.63, 3.8) is 0 Å². The van der Waals surface area contributed by atoms with Gasteiger partial charge in [0.25, 0.3) is 11.8 Å². The molecule has 0 radical (unpaired) electrons. The number of pyridine rings is 1. The lowest BCUT2D eigenvalue weighted by Gasteiger charge is -2.36. The molecular weight excluding hydrogens is 530 g/mol. The largest absolute Gasteiger partial charge is 0.506 e. The third kappa shape index (κ3) is 6.98. The van der Waals surface area contributed by atoms with Crippen molar-refractivity contribution in [1.82, 2.24) is 15.2 Å². The number of nitrogens with zero attached hydrogens (tertiary/aromatic N) is 3. The molecule has 39 heavy (non-hydrogen) atoms. The van der Waals surface area contributed by atoms with Gasteiger partial charge < -0.3 is 20.2 Å². The van der Waals surface area contributed by atoms with E-state index in [-0.39, 0.29) is 41.1 Å². The van der Waals surface area contributed by atoms with Crippen LogP contribution in [0.2, 0.25) is 0 Å². The number of anilines is 1. The zero-order valence-corrected chi connectivity index (χ0v) is 20.2. The summed E-state index contributed by atoms with van der Waals surface area (Å²) < 4.78 is 77.7. The number of piperazine rings is 1. The predicted octanol–water partition coefficient (Wildman–Crippen LogP) is 4.73. The zero-order valence-electron chi connectivity index (χ0n) is 20.2. The molecule has 2 aromatic carbocycles. The number of hydrogen-bond donors (Lipinski definition) is 2. The van der Waals surface area contributed by atoms with E-state index in [1.165, 1.54) is 35.4 Å². The van der Waals surface area contributed by atoms with Gasteiger partial charge in [-0.15, -0.1) is 0 Å². The molecule has 2 heterocycles. The Morgan fingerprint density at radius 2 is 1.51 bits per heavy atom. The van der Waals surface area contributed by atoms with Crippen molar-refractivity contribution in [2.75, 3.05) is 37.6 Å². The summed E-state index contributed by atoms with van der Waals surface area (Å²) in [6, 6.07) is 10.2. The molecule has 7 nitrogen and oxygen atoms in total. The number of alkyl halides is 6. The standard InChI is InChI=1S/C26H22F6N4O3/c27-25(28,29)15-34-23(38)16-1-3-21(4-2-16)35-5-7-36(8-6-35)24(39)18-9-17(10-20(11-18)26(30,31)32)19-12-22(37)14-33-13-19/h1-4,9-14,37H,5-8,15H2,(H,34,38). The van der Waals surface area contributed by atoms with Gasteiger partial charge in [0.15, 0.2) is 0 Å². The molecule has 0 spiro atoms. The Morgan fingerprint density at radius 3 is 2.10 bits per heavy atom. The van der Waals surface area contributed by atoms with Crippen LogP contribution in [0.15, 0.2) is 60.9 Å². The Bertz CT molecular complexity index is 1350. The fourth-order valence-corrected chi connectivity index (χ4v) is 4.12. The van der Waals surface area contributed by atoms with E-state index in [2.05, 4.69) is 4.98 Å². The van der Waals surface area contributed by atoms with Gasteiger partial charge in [-0.2, -0.15) is 26.3 Å². The van der Waals surface area contributed by atoms with Gasteiger partial charge in [-0.25, -0.2) is 0 Å². The summed E-state index contributed by atoms with van der Waals surface area (Å²) in [4.78, 5) is 32.2. The first-order chi connectivity index (χ1) is 18.3. The number of halogens is 6. The highest BCUT2D eigenvalue weighted by Crippen LogP contribution is 2.34. The van der Waals surface area contributed by atoms with Crippen molar-refractivity contribution in [2.45, 2.75) is 12.4 Å². The summed E-state index contributed by atoms with van der Waals surface area (Å²) in [5.74, 6) is -1.69. The van der Waals surface area contributed by atoms with Gasteiger partial charge in [0.05, 0.1) is 11.8 Å². The highest BCUT2D eigenvalue weighted by atomic mass is 19.4. The van der Waals surface area contributed by atoms with E-state index in [4.69, 9.17) is 0 Å². The molecular formula is C26H22F6N4O3. The number of benzene rings is 2. The van der Waals surface area contributed by atoms with Crippen LogP contribution in [0, 0.1) is 0 Å². The molecule has 2 amide bonds. The van der Waals surface area contributed by atoms with Gasteiger partial charge in [0, 0.05) is 54.8 Å². The van der Waals surface area contributed by atoms with E-state index in [0.29, 0.717) is 18.8 Å².